The predicted octanol–water partition coefficient (Wildman–Crippen LogP) is 5.09. The molecular weight excluding hydrogens is 534 g/mol. The summed E-state index contributed by atoms with van der Waals surface area (Å²) in [6.45, 7) is 11.6. The lowest BCUT2D eigenvalue weighted by Crippen LogP contribution is -2.56. The lowest BCUT2D eigenvalue weighted by molar-refractivity contribution is -0.142. The molecule has 42 heavy (non-hydrogen) atoms. The molecule has 4 N–H and O–H groups in total. The first-order valence-electron chi connectivity index (χ1n) is 14.8. The van der Waals surface area contributed by atoms with Crippen LogP contribution in [0.4, 0.5) is 4.79 Å². The maximum atomic E-state index is 13.4. The van der Waals surface area contributed by atoms with Crippen molar-refractivity contribution in [2.24, 2.45) is 17.8 Å². The molecule has 0 saturated heterocycles. The van der Waals surface area contributed by atoms with Crippen molar-refractivity contribution in [1.29, 1.82) is 0 Å². The van der Waals surface area contributed by atoms with E-state index in [0.29, 0.717) is 12.8 Å². The fraction of sp³-hybridized carbons (Fsp3) is 0.515. The van der Waals surface area contributed by atoms with E-state index in [0.717, 1.165) is 22.3 Å². The van der Waals surface area contributed by atoms with Crippen molar-refractivity contribution in [2.45, 2.75) is 84.8 Å². The third-order valence-corrected chi connectivity index (χ3v) is 7.32. The van der Waals surface area contributed by atoms with Gasteiger partial charge in [0.1, 0.15) is 24.7 Å². The van der Waals surface area contributed by atoms with E-state index in [2.05, 4.69) is 28.1 Å². The number of benzene rings is 2. The van der Waals surface area contributed by atoms with Crippen LogP contribution in [0, 0.1) is 17.8 Å². The first-order chi connectivity index (χ1) is 19.9. The maximum Gasteiger partial charge on any atom is 0.407 e. The Morgan fingerprint density at radius 2 is 1.07 bits per heavy atom. The molecule has 0 saturated carbocycles. The van der Waals surface area contributed by atoms with E-state index in [-0.39, 0.29) is 36.7 Å². The molecule has 0 bridgehead atoms. The highest BCUT2D eigenvalue weighted by molar-refractivity contribution is 5.93. The van der Waals surface area contributed by atoms with Gasteiger partial charge in [0.25, 0.3) is 0 Å². The fourth-order valence-corrected chi connectivity index (χ4v) is 5.43. The number of alkyl carbamates (subject to hydrolysis) is 1. The number of carboxylic acid groups (broad SMARTS) is 1. The molecule has 228 valence electrons. The van der Waals surface area contributed by atoms with E-state index in [4.69, 9.17) is 4.74 Å². The zero-order valence-electron chi connectivity index (χ0n) is 25.5. The lowest BCUT2D eigenvalue weighted by Gasteiger charge is -2.26. The first kappa shape index (κ1) is 32.6. The lowest BCUT2D eigenvalue weighted by atomic mass is 9.98. The summed E-state index contributed by atoms with van der Waals surface area (Å²) >= 11 is 0. The van der Waals surface area contributed by atoms with Crippen molar-refractivity contribution in [2.75, 3.05) is 6.61 Å². The Bertz CT molecular complexity index is 1210. The number of nitrogens with one attached hydrogen (secondary N) is 3. The molecule has 0 aliphatic heterocycles. The molecule has 0 heterocycles. The minimum atomic E-state index is -1.12. The van der Waals surface area contributed by atoms with Crippen LogP contribution in [0.1, 0.15) is 77.8 Å². The van der Waals surface area contributed by atoms with Gasteiger partial charge in [0.15, 0.2) is 0 Å². The Morgan fingerprint density at radius 1 is 0.667 bits per heavy atom. The van der Waals surface area contributed by atoms with Crippen molar-refractivity contribution < 1.29 is 29.0 Å². The third kappa shape index (κ3) is 8.81. The van der Waals surface area contributed by atoms with Crippen LogP contribution in [0.5, 0.6) is 0 Å². The van der Waals surface area contributed by atoms with Gasteiger partial charge in [-0.15, -0.1) is 0 Å². The number of aliphatic carboxylic acids is 1. The average molecular weight is 580 g/mol. The summed E-state index contributed by atoms with van der Waals surface area (Å²) in [5.41, 5.74) is 4.41. The summed E-state index contributed by atoms with van der Waals surface area (Å²) in [5.74, 6) is -2.15. The van der Waals surface area contributed by atoms with Crippen LogP contribution in [-0.2, 0) is 19.1 Å². The second-order valence-corrected chi connectivity index (χ2v) is 12.4. The number of ether oxygens (including phenoxy) is 1. The van der Waals surface area contributed by atoms with E-state index < -0.39 is 42.0 Å². The van der Waals surface area contributed by atoms with Gasteiger partial charge in [0, 0.05) is 5.92 Å². The van der Waals surface area contributed by atoms with Gasteiger partial charge < -0.3 is 25.8 Å². The van der Waals surface area contributed by atoms with Crippen LogP contribution < -0.4 is 16.0 Å². The largest absolute Gasteiger partial charge is 0.480 e. The van der Waals surface area contributed by atoms with Gasteiger partial charge in [-0.3, -0.25) is 9.59 Å². The van der Waals surface area contributed by atoms with E-state index in [1.54, 1.807) is 0 Å². The van der Waals surface area contributed by atoms with Crippen LogP contribution in [0.3, 0.4) is 0 Å². The molecule has 0 unspecified atom stereocenters. The van der Waals surface area contributed by atoms with E-state index in [1.165, 1.54) is 0 Å². The van der Waals surface area contributed by atoms with Gasteiger partial charge in [-0.2, -0.15) is 0 Å². The summed E-state index contributed by atoms with van der Waals surface area (Å²) < 4.78 is 5.66. The number of hydrogen-bond donors (Lipinski definition) is 4. The molecule has 9 heteroatoms. The standard InChI is InChI=1S/C33H45N3O6/c1-19(2)15-27(30(37)35-29(32(39)40)17-21(5)6)34-31(38)28(16-20(3)4)36-33(41)42-18-26-24-13-9-7-11-22(24)23-12-8-10-14-25(23)26/h7-14,19-21,26-29H,15-18H2,1-6H3,(H,34,38)(H,35,37)(H,36,41)(H,39,40)/t27-,28-,29-/m0/s1. The molecule has 2 aromatic rings. The zero-order valence-corrected chi connectivity index (χ0v) is 25.5. The van der Waals surface area contributed by atoms with Crippen molar-refractivity contribution in [1.82, 2.24) is 16.0 Å². The van der Waals surface area contributed by atoms with Crippen molar-refractivity contribution in [3.8, 4) is 11.1 Å². The quantitative estimate of drug-likeness (QED) is 0.247. The van der Waals surface area contributed by atoms with Gasteiger partial charge in [-0.05, 0) is 59.3 Å². The molecule has 3 atom stereocenters. The van der Waals surface area contributed by atoms with Crippen molar-refractivity contribution in [3.05, 3.63) is 59.7 Å². The SMILES string of the molecule is CC(C)C[C@H](NC(=O)[C@H](CC(C)C)NC(=O)[C@H](CC(C)C)NC(=O)OCC1c2ccccc2-c2ccccc21)C(=O)O. The number of fused-ring (bicyclic) bond motifs is 3. The Balaban J connectivity index is 1.68. The molecule has 0 spiro atoms. The molecule has 9 nitrogen and oxygen atoms in total. The minimum absolute atomic E-state index is 0.0491. The van der Waals surface area contributed by atoms with Gasteiger partial charge in [-0.1, -0.05) is 90.1 Å². The normalized spacial score (nSPS) is 14.6. The minimum Gasteiger partial charge on any atom is -0.480 e. The topological polar surface area (TPSA) is 134 Å². The number of carboxylic acids is 1. The number of hydrogen-bond acceptors (Lipinski definition) is 5. The second-order valence-electron chi connectivity index (χ2n) is 12.4. The molecular formula is C33H45N3O6. The van der Waals surface area contributed by atoms with Crippen molar-refractivity contribution in [3.63, 3.8) is 0 Å². The van der Waals surface area contributed by atoms with Crippen LogP contribution in [0.15, 0.2) is 48.5 Å². The van der Waals surface area contributed by atoms with E-state index in [1.807, 2.05) is 77.9 Å². The van der Waals surface area contributed by atoms with Crippen molar-refractivity contribution >= 4 is 23.9 Å². The summed E-state index contributed by atoms with van der Waals surface area (Å²) in [6.07, 6.45) is 0.190. The summed E-state index contributed by atoms with van der Waals surface area (Å²) in [5, 5.41) is 17.6. The van der Waals surface area contributed by atoms with Gasteiger partial charge in [0.05, 0.1) is 0 Å². The monoisotopic (exact) mass is 579 g/mol. The molecule has 3 rings (SSSR count). The van der Waals surface area contributed by atoms with Gasteiger partial charge in [-0.25, -0.2) is 9.59 Å². The summed E-state index contributed by atoms with van der Waals surface area (Å²) in [7, 11) is 0. The second kappa shape index (κ2) is 14.8. The predicted molar refractivity (Wildman–Crippen MR) is 162 cm³/mol. The molecule has 1 aliphatic carbocycles. The first-order valence-corrected chi connectivity index (χ1v) is 14.8. The number of rotatable bonds is 14. The third-order valence-electron chi connectivity index (χ3n) is 7.32. The van der Waals surface area contributed by atoms with Crippen LogP contribution in [0.25, 0.3) is 11.1 Å². The average Bonchev–Trinajstić information content (AvgIpc) is 3.23. The molecule has 0 radical (unpaired) electrons. The number of amides is 3. The Labute approximate surface area is 248 Å². The van der Waals surface area contributed by atoms with E-state index >= 15 is 0 Å². The van der Waals surface area contributed by atoms with E-state index in [9.17, 15) is 24.3 Å². The molecule has 3 amide bonds. The Morgan fingerprint density at radius 3 is 1.52 bits per heavy atom. The van der Waals surface area contributed by atoms with Crippen LogP contribution in [-0.4, -0.2) is 53.7 Å². The zero-order chi connectivity index (χ0) is 31.0. The highest BCUT2D eigenvalue weighted by Gasteiger charge is 2.32. The highest BCUT2D eigenvalue weighted by atomic mass is 16.5. The van der Waals surface area contributed by atoms with Crippen LogP contribution >= 0.6 is 0 Å². The Kier molecular flexibility index (Phi) is 11.5. The Hall–Kier alpha value is -3.88. The van der Waals surface area contributed by atoms with Gasteiger partial charge in [0.2, 0.25) is 11.8 Å². The maximum absolute atomic E-state index is 13.4. The molecule has 2 aromatic carbocycles. The summed E-state index contributed by atoms with van der Waals surface area (Å²) in [6, 6.07) is 13.1. The van der Waals surface area contributed by atoms with Crippen LogP contribution in [0.2, 0.25) is 0 Å². The molecule has 0 fully saturated rings. The highest BCUT2D eigenvalue weighted by Crippen LogP contribution is 2.44. The van der Waals surface area contributed by atoms with Gasteiger partial charge >= 0.3 is 12.1 Å². The number of carbonyl (C=O) groups excluding carboxylic acids is 3. The molecule has 0 aromatic heterocycles. The number of carbonyl (C=O) groups is 4. The fourth-order valence-electron chi connectivity index (χ4n) is 5.43. The smallest absolute Gasteiger partial charge is 0.407 e. The molecule has 1 aliphatic rings. The summed E-state index contributed by atoms with van der Waals surface area (Å²) in [4.78, 5) is 51.2.